The fraction of sp³-hybridized carbons (Fsp3) is 1.00. The molecular weight excluding hydrogens is 162 g/mol. The van der Waals surface area contributed by atoms with E-state index < -0.39 is 5.92 Å². The first-order valence-electron chi connectivity index (χ1n) is 4.28. The van der Waals surface area contributed by atoms with E-state index in [1.54, 1.807) is 4.90 Å². The van der Waals surface area contributed by atoms with Crippen molar-refractivity contribution in [1.82, 2.24) is 4.90 Å². The van der Waals surface area contributed by atoms with E-state index in [0.29, 0.717) is 6.54 Å². The van der Waals surface area contributed by atoms with Gasteiger partial charge in [0.15, 0.2) is 0 Å². The number of hydrogen-bond donors (Lipinski definition) is 1. The molecule has 1 aliphatic rings. The smallest absolute Gasteiger partial charge is 0.262 e. The minimum absolute atomic E-state index is 0.141. The molecular formula is C8H16F2N2. The van der Waals surface area contributed by atoms with Crippen molar-refractivity contribution in [3.05, 3.63) is 0 Å². The van der Waals surface area contributed by atoms with Gasteiger partial charge in [-0.2, -0.15) is 0 Å². The Morgan fingerprint density at radius 1 is 1.50 bits per heavy atom. The van der Waals surface area contributed by atoms with Crippen LogP contribution in [-0.2, 0) is 0 Å². The Morgan fingerprint density at radius 2 is 2.08 bits per heavy atom. The summed E-state index contributed by atoms with van der Waals surface area (Å²) < 4.78 is 25.9. The first-order valence-corrected chi connectivity index (χ1v) is 4.28. The Hall–Kier alpha value is -0.220. The highest BCUT2D eigenvalue weighted by atomic mass is 19.3. The Labute approximate surface area is 71.7 Å². The van der Waals surface area contributed by atoms with Crippen molar-refractivity contribution in [3.8, 4) is 0 Å². The van der Waals surface area contributed by atoms with Crippen molar-refractivity contribution in [2.75, 3.05) is 13.1 Å². The van der Waals surface area contributed by atoms with Gasteiger partial charge >= 0.3 is 0 Å². The van der Waals surface area contributed by atoms with Crippen LogP contribution in [-0.4, -0.2) is 36.0 Å². The lowest BCUT2D eigenvalue weighted by Gasteiger charge is -2.38. The van der Waals surface area contributed by atoms with E-state index >= 15 is 0 Å². The molecule has 0 aliphatic carbocycles. The summed E-state index contributed by atoms with van der Waals surface area (Å²) >= 11 is 0. The van der Waals surface area contributed by atoms with Gasteiger partial charge in [0.05, 0.1) is 6.54 Å². The molecule has 0 radical (unpaired) electrons. The molecule has 0 aromatic carbocycles. The molecule has 0 bridgehead atoms. The number of rotatable bonds is 1. The van der Waals surface area contributed by atoms with Crippen LogP contribution in [0.1, 0.15) is 20.3 Å². The summed E-state index contributed by atoms with van der Waals surface area (Å²) in [6.45, 7) is 4.27. The van der Waals surface area contributed by atoms with Crippen LogP contribution in [0.3, 0.4) is 0 Å². The van der Waals surface area contributed by atoms with Crippen molar-refractivity contribution in [2.24, 2.45) is 5.73 Å². The summed E-state index contributed by atoms with van der Waals surface area (Å²) in [6.07, 6.45) is -0.170. The summed E-state index contributed by atoms with van der Waals surface area (Å²) in [5, 5.41) is 0. The molecule has 1 fully saturated rings. The molecule has 1 heterocycles. The van der Waals surface area contributed by atoms with Gasteiger partial charge in [-0.15, -0.1) is 0 Å². The second-order valence-electron chi connectivity index (χ2n) is 3.84. The molecule has 1 atom stereocenters. The summed E-state index contributed by atoms with van der Waals surface area (Å²) in [6, 6.07) is -0.224. The van der Waals surface area contributed by atoms with E-state index in [1.165, 1.54) is 0 Å². The third-order valence-electron chi connectivity index (χ3n) is 2.19. The maximum absolute atomic E-state index is 12.9. The fourth-order valence-electron chi connectivity index (χ4n) is 1.57. The quantitative estimate of drug-likeness (QED) is 0.650. The molecule has 12 heavy (non-hydrogen) atoms. The number of alkyl halides is 2. The fourth-order valence-corrected chi connectivity index (χ4v) is 1.57. The zero-order valence-electron chi connectivity index (χ0n) is 7.56. The molecule has 1 aliphatic heterocycles. The highest BCUT2D eigenvalue weighted by molar-refractivity contribution is 4.87. The molecule has 0 unspecified atom stereocenters. The summed E-state index contributed by atoms with van der Waals surface area (Å²) in [5.74, 6) is -2.60. The Bertz CT molecular complexity index is 159. The topological polar surface area (TPSA) is 29.3 Å². The van der Waals surface area contributed by atoms with Crippen LogP contribution in [0.25, 0.3) is 0 Å². The molecule has 0 aromatic rings. The highest BCUT2D eigenvalue weighted by Gasteiger charge is 2.39. The lowest BCUT2D eigenvalue weighted by molar-refractivity contribution is -0.0779. The minimum atomic E-state index is -2.60. The van der Waals surface area contributed by atoms with Crippen molar-refractivity contribution in [2.45, 2.75) is 38.3 Å². The zero-order valence-corrected chi connectivity index (χ0v) is 7.56. The Balaban J connectivity index is 2.58. The molecule has 0 amide bonds. The molecule has 72 valence electrons. The van der Waals surface area contributed by atoms with Gasteiger partial charge in [0.25, 0.3) is 5.92 Å². The lowest BCUT2D eigenvalue weighted by Crippen LogP contribution is -2.54. The number of piperidine rings is 1. The van der Waals surface area contributed by atoms with Gasteiger partial charge in [0, 0.05) is 25.0 Å². The second kappa shape index (κ2) is 3.26. The number of nitrogens with two attached hydrogens (primary N) is 1. The van der Waals surface area contributed by atoms with Crippen molar-refractivity contribution >= 4 is 0 Å². The highest BCUT2D eigenvalue weighted by Crippen LogP contribution is 2.26. The van der Waals surface area contributed by atoms with Crippen LogP contribution in [0.2, 0.25) is 0 Å². The van der Waals surface area contributed by atoms with Gasteiger partial charge in [-0.05, 0) is 13.8 Å². The maximum atomic E-state index is 12.9. The van der Waals surface area contributed by atoms with Gasteiger partial charge in [-0.25, -0.2) is 8.78 Å². The molecule has 0 spiro atoms. The molecule has 0 saturated carbocycles. The van der Waals surface area contributed by atoms with Crippen LogP contribution in [0.15, 0.2) is 0 Å². The molecule has 4 heteroatoms. The summed E-state index contributed by atoms with van der Waals surface area (Å²) in [7, 11) is 0. The molecule has 0 aromatic heterocycles. The largest absolute Gasteiger partial charge is 0.326 e. The van der Waals surface area contributed by atoms with Crippen LogP contribution < -0.4 is 5.73 Å². The lowest BCUT2D eigenvalue weighted by atomic mass is 10.0. The predicted octanol–water partition coefficient (Wildman–Crippen LogP) is 1.06. The van der Waals surface area contributed by atoms with Crippen molar-refractivity contribution in [1.29, 1.82) is 0 Å². The minimum Gasteiger partial charge on any atom is -0.326 e. The van der Waals surface area contributed by atoms with Crippen LogP contribution in [0, 0.1) is 0 Å². The Kier molecular flexibility index (Phi) is 2.68. The summed E-state index contributed by atoms with van der Waals surface area (Å²) in [4.78, 5) is 1.73. The van der Waals surface area contributed by atoms with E-state index in [2.05, 4.69) is 0 Å². The third-order valence-corrected chi connectivity index (χ3v) is 2.19. The SMILES string of the molecule is CC(C)N1C[C@@H](N)CC(F)(F)C1. The monoisotopic (exact) mass is 178 g/mol. The first-order chi connectivity index (χ1) is 5.41. The number of likely N-dealkylation sites (tertiary alicyclic amines) is 1. The second-order valence-corrected chi connectivity index (χ2v) is 3.84. The Morgan fingerprint density at radius 3 is 2.50 bits per heavy atom. The molecule has 2 nitrogen and oxygen atoms in total. The molecule has 2 N–H and O–H groups in total. The van der Waals surface area contributed by atoms with Gasteiger partial charge in [0.1, 0.15) is 0 Å². The number of halogens is 2. The molecule has 1 rings (SSSR count). The number of nitrogens with zero attached hydrogens (tertiary/aromatic N) is 1. The average Bonchev–Trinajstić information content (AvgIpc) is 1.82. The third kappa shape index (κ3) is 2.38. The van der Waals surface area contributed by atoms with E-state index in [9.17, 15) is 8.78 Å². The van der Waals surface area contributed by atoms with Crippen molar-refractivity contribution in [3.63, 3.8) is 0 Å². The molecule has 1 saturated heterocycles. The van der Waals surface area contributed by atoms with Gasteiger partial charge in [-0.1, -0.05) is 0 Å². The van der Waals surface area contributed by atoms with E-state index in [-0.39, 0.29) is 25.0 Å². The zero-order chi connectivity index (χ0) is 9.35. The normalized spacial score (nSPS) is 31.0. The first kappa shape index (κ1) is 9.86. The van der Waals surface area contributed by atoms with E-state index in [1.807, 2.05) is 13.8 Å². The maximum Gasteiger partial charge on any atom is 0.262 e. The summed E-state index contributed by atoms with van der Waals surface area (Å²) in [5.41, 5.74) is 5.52. The van der Waals surface area contributed by atoms with Crippen molar-refractivity contribution < 1.29 is 8.78 Å². The van der Waals surface area contributed by atoms with Crippen LogP contribution >= 0.6 is 0 Å². The number of hydrogen-bond acceptors (Lipinski definition) is 2. The predicted molar refractivity (Wildman–Crippen MR) is 44.2 cm³/mol. The van der Waals surface area contributed by atoms with Gasteiger partial charge < -0.3 is 5.73 Å². The van der Waals surface area contributed by atoms with Crippen LogP contribution in [0.4, 0.5) is 8.78 Å². The average molecular weight is 178 g/mol. The van der Waals surface area contributed by atoms with Gasteiger partial charge in [0.2, 0.25) is 0 Å². The van der Waals surface area contributed by atoms with Gasteiger partial charge in [-0.3, -0.25) is 4.90 Å². The van der Waals surface area contributed by atoms with E-state index in [4.69, 9.17) is 5.73 Å². The van der Waals surface area contributed by atoms with E-state index in [0.717, 1.165) is 0 Å². The van der Waals surface area contributed by atoms with Crippen LogP contribution in [0.5, 0.6) is 0 Å². The standard InChI is InChI=1S/C8H16F2N2/c1-6(2)12-4-7(11)3-8(9,10)5-12/h6-7H,3-5,11H2,1-2H3/t7-/m0/s1.